The Labute approximate surface area is 103 Å². The molecule has 1 saturated carbocycles. The quantitative estimate of drug-likeness (QED) is 0.820. The SMILES string of the molecule is NC(c1cccc2ccccc12)C1CCCC1. The van der Waals surface area contributed by atoms with Crippen molar-refractivity contribution in [3.8, 4) is 0 Å². The predicted octanol–water partition coefficient (Wildman–Crippen LogP) is 4.03. The van der Waals surface area contributed by atoms with E-state index in [-0.39, 0.29) is 6.04 Å². The van der Waals surface area contributed by atoms with Gasteiger partial charge in [0.15, 0.2) is 0 Å². The van der Waals surface area contributed by atoms with Crippen LogP contribution in [0.15, 0.2) is 42.5 Å². The Hall–Kier alpha value is -1.34. The number of rotatable bonds is 2. The fourth-order valence-electron chi connectivity index (χ4n) is 3.11. The third-order valence-corrected chi connectivity index (χ3v) is 4.09. The van der Waals surface area contributed by atoms with Gasteiger partial charge in [0, 0.05) is 6.04 Å². The van der Waals surface area contributed by atoms with Crippen molar-refractivity contribution in [2.45, 2.75) is 31.7 Å². The molecule has 88 valence electrons. The number of fused-ring (bicyclic) bond motifs is 1. The Bertz CT molecular complexity index is 506. The van der Waals surface area contributed by atoms with Crippen LogP contribution in [0.1, 0.15) is 37.3 Å². The summed E-state index contributed by atoms with van der Waals surface area (Å²) < 4.78 is 0. The van der Waals surface area contributed by atoms with Crippen molar-refractivity contribution < 1.29 is 0 Å². The number of hydrogen-bond acceptors (Lipinski definition) is 1. The molecule has 0 aromatic heterocycles. The van der Waals surface area contributed by atoms with E-state index in [1.165, 1.54) is 42.0 Å². The molecule has 1 fully saturated rings. The first-order valence-corrected chi connectivity index (χ1v) is 6.59. The van der Waals surface area contributed by atoms with Crippen LogP contribution >= 0.6 is 0 Å². The van der Waals surface area contributed by atoms with E-state index in [1.807, 2.05) is 0 Å². The highest BCUT2D eigenvalue weighted by atomic mass is 14.7. The highest BCUT2D eigenvalue weighted by molar-refractivity contribution is 5.86. The molecule has 0 radical (unpaired) electrons. The van der Waals surface area contributed by atoms with E-state index in [9.17, 15) is 0 Å². The summed E-state index contributed by atoms with van der Waals surface area (Å²) in [5.74, 6) is 0.681. The molecular weight excluding hydrogens is 206 g/mol. The maximum Gasteiger partial charge on any atom is 0.0329 e. The molecule has 1 atom stereocenters. The van der Waals surface area contributed by atoms with Gasteiger partial charge in [0.05, 0.1) is 0 Å². The van der Waals surface area contributed by atoms with Crippen LogP contribution in [-0.2, 0) is 0 Å². The minimum absolute atomic E-state index is 0.212. The van der Waals surface area contributed by atoms with E-state index in [0.29, 0.717) is 5.92 Å². The largest absolute Gasteiger partial charge is 0.324 e. The zero-order valence-corrected chi connectivity index (χ0v) is 10.1. The Balaban J connectivity index is 2.04. The molecule has 0 bridgehead atoms. The summed E-state index contributed by atoms with van der Waals surface area (Å²) in [4.78, 5) is 0. The number of nitrogens with two attached hydrogens (primary N) is 1. The van der Waals surface area contributed by atoms with Crippen LogP contribution in [0, 0.1) is 5.92 Å². The van der Waals surface area contributed by atoms with Crippen molar-refractivity contribution in [2.75, 3.05) is 0 Å². The molecule has 2 aromatic rings. The average molecular weight is 225 g/mol. The van der Waals surface area contributed by atoms with E-state index < -0.39 is 0 Å². The molecule has 0 amide bonds. The first kappa shape index (κ1) is 10.8. The van der Waals surface area contributed by atoms with E-state index in [4.69, 9.17) is 5.73 Å². The highest BCUT2D eigenvalue weighted by Crippen LogP contribution is 2.36. The van der Waals surface area contributed by atoms with Crippen molar-refractivity contribution in [3.05, 3.63) is 48.0 Å². The van der Waals surface area contributed by atoms with Gasteiger partial charge >= 0.3 is 0 Å². The van der Waals surface area contributed by atoms with Crippen LogP contribution in [0.5, 0.6) is 0 Å². The van der Waals surface area contributed by atoms with Gasteiger partial charge in [-0.3, -0.25) is 0 Å². The first-order valence-electron chi connectivity index (χ1n) is 6.59. The second kappa shape index (κ2) is 4.50. The monoisotopic (exact) mass is 225 g/mol. The second-order valence-corrected chi connectivity index (χ2v) is 5.14. The Morgan fingerprint density at radius 1 is 0.941 bits per heavy atom. The van der Waals surface area contributed by atoms with Gasteiger partial charge in [-0.05, 0) is 35.1 Å². The molecule has 17 heavy (non-hydrogen) atoms. The van der Waals surface area contributed by atoms with Crippen LogP contribution < -0.4 is 5.73 Å². The van der Waals surface area contributed by atoms with Crippen molar-refractivity contribution >= 4 is 10.8 Å². The molecule has 3 rings (SSSR count). The molecular formula is C16H19N. The molecule has 1 unspecified atom stereocenters. The Morgan fingerprint density at radius 3 is 2.47 bits per heavy atom. The van der Waals surface area contributed by atoms with Gasteiger partial charge < -0.3 is 5.73 Å². The van der Waals surface area contributed by atoms with Gasteiger partial charge in [-0.15, -0.1) is 0 Å². The van der Waals surface area contributed by atoms with Crippen molar-refractivity contribution in [1.82, 2.24) is 0 Å². The summed E-state index contributed by atoms with van der Waals surface area (Å²) in [6.45, 7) is 0. The van der Waals surface area contributed by atoms with Gasteiger partial charge in [0.2, 0.25) is 0 Å². The Kier molecular flexibility index (Phi) is 2.86. The summed E-state index contributed by atoms with van der Waals surface area (Å²) in [7, 11) is 0. The van der Waals surface area contributed by atoms with Crippen molar-refractivity contribution in [1.29, 1.82) is 0 Å². The molecule has 2 N–H and O–H groups in total. The van der Waals surface area contributed by atoms with Gasteiger partial charge in [-0.25, -0.2) is 0 Å². The molecule has 0 heterocycles. The summed E-state index contributed by atoms with van der Waals surface area (Å²) in [5, 5.41) is 2.63. The topological polar surface area (TPSA) is 26.0 Å². The number of benzene rings is 2. The van der Waals surface area contributed by atoms with Crippen LogP contribution in [0.2, 0.25) is 0 Å². The van der Waals surface area contributed by atoms with Gasteiger partial charge in [-0.2, -0.15) is 0 Å². The van der Waals surface area contributed by atoms with Crippen LogP contribution in [0.3, 0.4) is 0 Å². The lowest BCUT2D eigenvalue weighted by molar-refractivity contribution is 0.447. The van der Waals surface area contributed by atoms with Gasteiger partial charge in [-0.1, -0.05) is 55.3 Å². The summed E-state index contributed by atoms with van der Waals surface area (Å²) in [5.41, 5.74) is 7.80. The lowest BCUT2D eigenvalue weighted by Gasteiger charge is -2.20. The van der Waals surface area contributed by atoms with Gasteiger partial charge in [0.1, 0.15) is 0 Å². The molecule has 0 spiro atoms. The molecule has 1 nitrogen and oxygen atoms in total. The highest BCUT2D eigenvalue weighted by Gasteiger charge is 2.24. The maximum absolute atomic E-state index is 6.47. The zero-order chi connectivity index (χ0) is 11.7. The lowest BCUT2D eigenvalue weighted by atomic mass is 9.89. The molecule has 0 saturated heterocycles. The van der Waals surface area contributed by atoms with E-state index >= 15 is 0 Å². The second-order valence-electron chi connectivity index (χ2n) is 5.14. The van der Waals surface area contributed by atoms with E-state index in [1.54, 1.807) is 0 Å². The Morgan fingerprint density at radius 2 is 1.65 bits per heavy atom. The van der Waals surface area contributed by atoms with Crippen molar-refractivity contribution in [3.63, 3.8) is 0 Å². The standard InChI is InChI=1S/C16H19N/c17-16(13-7-1-2-8-13)15-11-5-9-12-6-3-4-10-14(12)15/h3-6,9-11,13,16H,1-2,7-8,17H2. The molecule has 0 aliphatic heterocycles. The lowest BCUT2D eigenvalue weighted by Crippen LogP contribution is -2.19. The number of hydrogen-bond donors (Lipinski definition) is 1. The first-order chi connectivity index (χ1) is 8.36. The van der Waals surface area contributed by atoms with E-state index in [2.05, 4.69) is 42.5 Å². The zero-order valence-electron chi connectivity index (χ0n) is 10.1. The fourth-order valence-corrected chi connectivity index (χ4v) is 3.11. The normalized spacial score (nSPS) is 18.6. The van der Waals surface area contributed by atoms with Crippen LogP contribution in [0.4, 0.5) is 0 Å². The molecule has 1 heteroatoms. The summed E-state index contributed by atoms with van der Waals surface area (Å²) >= 11 is 0. The average Bonchev–Trinajstić information content (AvgIpc) is 2.91. The molecule has 2 aromatic carbocycles. The summed E-state index contributed by atoms with van der Waals surface area (Å²) in [6.07, 6.45) is 5.29. The predicted molar refractivity (Wildman–Crippen MR) is 72.8 cm³/mol. The van der Waals surface area contributed by atoms with Gasteiger partial charge in [0.25, 0.3) is 0 Å². The molecule has 1 aliphatic carbocycles. The molecule has 1 aliphatic rings. The maximum atomic E-state index is 6.47. The summed E-state index contributed by atoms with van der Waals surface area (Å²) in [6, 6.07) is 15.3. The van der Waals surface area contributed by atoms with Crippen LogP contribution in [-0.4, -0.2) is 0 Å². The minimum atomic E-state index is 0.212. The third kappa shape index (κ3) is 1.96. The van der Waals surface area contributed by atoms with Crippen molar-refractivity contribution in [2.24, 2.45) is 11.7 Å². The van der Waals surface area contributed by atoms with Crippen LogP contribution in [0.25, 0.3) is 10.8 Å². The third-order valence-electron chi connectivity index (χ3n) is 4.09. The fraction of sp³-hybridized carbons (Fsp3) is 0.375. The van der Waals surface area contributed by atoms with E-state index in [0.717, 1.165) is 0 Å². The smallest absolute Gasteiger partial charge is 0.0329 e. The minimum Gasteiger partial charge on any atom is -0.324 e.